The number of carbonyl (C=O) groups excluding carboxylic acids is 2. The maximum Gasteiger partial charge on any atom is 0.242 e. The number of hydrogen-bond acceptors (Lipinski definition) is 2. The molecule has 0 unspecified atom stereocenters. The number of hydrogen-bond donors (Lipinski definition) is 1. The molecule has 0 saturated heterocycles. The van der Waals surface area contributed by atoms with Crippen LogP contribution in [0.15, 0.2) is 53.0 Å². The Morgan fingerprint density at radius 3 is 2.00 bits per heavy atom. The molecule has 30 heavy (non-hydrogen) atoms. The molecule has 5 heteroatoms. The number of benzene rings is 2. The lowest BCUT2D eigenvalue weighted by Crippen LogP contribution is -2.49. The van der Waals surface area contributed by atoms with Gasteiger partial charge in [-0.25, -0.2) is 0 Å². The standard InChI is InChI=1S/C25H33BrN2O2/c1-17(2)22-11-6-20(7-12-22)10-15-24(29)28(19(5)25(30)27-18(3)4)16-21-8-13-23(26)14-9-21/h6-9,11-14,17-19H,10,15-16H2,1-5H3,(H,27,30)/t19-/m0/s1. The smallest absolute Gasteiger partial charge is 0.242 e. The molecular weight excluding hydrogens is 440 g/mol. The predicted molar refractivity (Wildman–Crippen MR) is 126 cm³/mol. The molecule has 0 radical (unpaired) electrons. The van der Waals surface area contributed by atoms with Crippen molar-refractivity contribution in [3.63, 3.8) is 0 Å². The molecule has 2 aromatic rings. The molecule has 0 fully saturated rings. The molecule has 4 nitrogen and oxygen atoms in total. The second-order valence-electron chi connectivity index (χ2n) is 8.38. The first-order chi connectivity index (χ1) is 14.2. The number of aryl methyl sites for hydroxylation is 1. The lowest BCUT2D eigenvalue weighted by atomic mass is 10.00. The summed E-state index contributed by atoms with van der Waals surface area (Å²) in [5.41, 5.74) is 3.42. The van der Waals surface area contributed by atoms with Gasteiger partial charge in [-0.05, 0) is 61.9 Å². The van der Waals surface area contributed by atoms with Crippen LogP contribution < -0.4 is 5.32 Å². The Morgan fingerprint density at radius 2 is 1.47 bits per heavy atom. The van der Waals surface area contributed by atoms with Crippen LogP contribution in [0, 0.1) is 0 Å². The zero-order chi connectivity index (χ0) is 22.3. The van der Waals surface area contributed by atoms with E-state index in [4.69, 9.17) is 0 Å². The minimum absolute atomic E-state index is 0.0164. The van der Waals surface area contributed by atoms with Crippen LogP contribution in [0.25, 0.3) is 0 Å². The number of carbonyl (C=O) groups is 2. The van der Waals surface area contributed by atoms with Gasteiger partial charge >= 0.3 is 0 Å². The van der Waals surface area contributed by atoms with Crippen LogP contribution in [0.5, 0.6) is 0 Å². The van der Waals surface area contributed by atoms with Crippen molar-refractivity contribution in [1.29, 1.82) is 0 Å². The molecule has 2 aromatic carbocycles. The molecule has 1 atom stereocenters. The van der Waals surface area contributed by atoms with Gasteiger partial charge in [-0.3, -0.25) is 9.59 Å². The molecule has 0 spiro atoms. The molecular formula is C25H33BrN2O2. The number of nitrogens with zero attached hydrogens (tertiary/aromatic N) is 1. The van der Waals surface area contributed by atoms with Crippen molar-refractivity contribution in [3.8, 4) is 0 Å². The van der Waals surface area contributed by atoms with E-state index in [-0.39, 0.29) is 17.9 Å². The Balaban J connectivity index is 2.11. The van der Waals surface area contributed by atoms with Crippen LogP contribution in [-0.2, 0) is 22.6 Å². The van der Waals surface area contributed by atoms with Crippen LogP contribution in [0.2, 0.25) is 0 Å². The zero-order valence-electron chi connectivity index (χ0n) is 18.6. The highest BCUT2D eigenvalue weighted by atomic mass is 79.9. The average molecular weight is 473 g/mol. The van der Waals surface area contributed by atoms with Crippen molar-refractivity contribution in [2.24, 2.45) is 0 Å². The topological polar surface area (TPSA) is 49.4 Å². The summed E-state index contributed by atoms with van der Waals surface area (Å²) < 4.78 is 0.986. The van der Waals surface area contributed by atoms with E-state index in [0.29, 0.717) is 25.3 Å². The summed E-state index contributed by atoms with van der Waals surface area (Å²) in [6.45, 7) is 10.4. The quantitative estimate of drug-likeness (QED) is 0.527. The first-order valence-electron chi connectivity index (χ1n) is 10.6. The predicted octanol–water partition coefficient (Wildman–Crippen LogP) is 5.45. The van der Waals surface area contributed by atoms with E-state index in [1.165, 1.54) is 5.56 Å². The maximum absolute atomic E-state index is 13.1. The third-order valence-electron chi connectivity index (χ3n) is 5.14. The van der Waals surface area contributed by atoms with Crippen molar-refractivity contribution in [2.45, 2.75) is 72.0 Å². The fourth-order valence-corrected chi connectivity index (χ4v) is 3.50. The van der Waals surface area contributed by atoms with Gasteiger partial charge in [0.25, 0.3) is 0 Å². The van der Waals surface area contributed by atoms with Gasteiger partial charge in [-0.15, -0.1) is 0 Å². The third kappa shape index (κ3) is 7.28. The van der Waals surface area contributed by atoms with Crippen LogP contribution in [0.4, 0.5) is 0 Å². The van der Waals surface area contributed by atoms with Gasteiger partial charge in [0.2, 0.25) is 11.8 Å². The van der Waals surface area contributed by atoms with Gasteiger partial charge in [0.1, 0.15) is 6.04 Å². The number of nitrogens with one attached hydrogen (secondary N) is 1. The summed E-state index contributed by atoms with van der Waals surface area (Å²) in [6, 6.07) is 15.8. The number of halogens is 1. The third-order valence-corrected chi connectivity index (χ3v) is 5.67. The van der Waals surface area contributed by atoms with Crippen molar-refractivity contribution < 1.29 is 9.59 Å². The highest BCUT2D eigenvalue weighted by molar-refractivity contribution is 9.10. The minimum atomic E-state index is -0.535. The summed E-state index contributed by atoms with van der Waals surface area (Å²) in [5.74, 6) is 0.344. The lowest BCUT2D eigenvalue weighted by molar-refractivity contribution is -0.140. The summed E-state index contributed by atoms with van der Waals surface area (Å²) in [7, 11) is 0. The Kier molecular flexibility index (Phi) is 9.09. The number of rotatable bonds is 9. The fourth-order valence-electron chi connectivity index (χ4n) is 3.24. The maximum atomic E-state index is 13.1. The Bertz CT molecular complexity index is 829. The number of amides is 2. The average Bonchev–Trinajstić information content (AvgIpc) is 2.70. The highest BCUT2D eigenvalue weighted by Crippen LogP contribution is 2.18. The monoisotopic (exact) mass is 472 g/mol. The van der Waals surface area contributed by atoms with Crippen LogP contribution in [0.3, 0.4) is 0 Å². The lowest BCUT2D eigenvalue weighted by Gasteiger charge is -2.29. The van der Waals surface area contributed by atoms with E-state index in [0.717, 1.165) is 15.6 Å². The Morgan fingerprint density at radius 1 is 0.900 bits per heavy atom. The van der Waals surface area contributed by atoms with Gasteiger partial charge in [0.15, 0.2) is 0 Å². The largest absolute Gasteiger partial charge is 0.352 e. The molecule has 0 bridgehead atoms. The second-order valence-corrected chi connectivity index (χ2v) is 9.30. The Labute approximate surface area is 189 Å². The molecule has 0 aromatic heterocycles. The van der Waals surface area contributed by atoms with E-state index in [1.54, 1.807) is 11.8 Å². The minimum Gasteiger partial charge on any atom is -0.352 e. The van der Waals surface area contributed by atoms with Gasteiger partial charge in [0, 0.05) is 23.5 Å². The molecule has 162 valence electrons. The summed E-state index contributed by atoms with van der Waals surface area (Å²) in [4.78, 5) is 27.4. The second kappa shape index (κ2) is 11.3. The van der Waals surface area contributed by atoms with E-state index in [9.17, 15) is 9.59 Å². The molecule has 0 heterocycles. The first kappa shape index (κ1) is 24.1. The van der Waals surface area contributed by atoms with E-state index in [2.05, 4.69) is 59.4 Å². The molecule has 0 aliphatic heterocycles. The van der Waals surface area contributed by atoms with Gasteiger partial charge in [0.05, 0.1) is 0 Å². The highest BCUT2D eigenvalue weighted by Gasteiger charge is 2.26. The molecule has 0 aliphatic carbocycles. The summed E-state index contributed by atoms with van der Waals surface area (Å²) >= 11 is 3.44. The molecule has 2 rings (SSSR count). The van der Waals surface area contributed by atoms with Crippen LogP contribution >= 0.6 is 15.9 Å². The normalized spacial score (nSPS) is 12.1. The van der Waals surface area contributed by atoms with Crippen molar-refractivity contribution >= 4 is 27.7 Å². The molecule has 2 amide bonds. The van der Waals surface area contributed by atoms with Gasteiger partial charge < -0.3 is 10.2 Å². The molecule has 1 N–H and O–H groups in total. The van der Waals surface area contributed by atoms with Gasteiger partial charge in [-0.2, -0.15) is 0 Å². The SMILES string of the molecule is CC(C)NC(=O)[C@H](C)N(Cc1ccc(Br)cc1)C(=O)CCc1ccc(C(C)C)cc1. The summed E-state index contributed by atoms with van der Waals surface area (Å²) in [6.07, 6.45) is 1.03. The Hall–Kier alpha value is -2.14. The zero-order valence-corrected chi connectivity index (χ0v) is 20.2. The van der Waals surface area contributed by atoms with Crippen molar-refractivity contribution in [3.05, 3.63) is 69.7 Å². The van der Waals surface area contributed by atoms with Gasteiger partial charge in [-0.1, -0.05) is 66.2 Å². The first-order valence-corrected chi connectivity index (χ1v) is 11.4. The van der Waals surface area contributed by atoms with E-state index in [1.807, 2.05) is 38.1 Å². The van der Waals surface area contributed by atoms with Crippen molar-refractivity contribution in [1.82, 2.24) is 10.2 Å². The summed E-state index contributed by atoms with van der Waals surface area (Å²) in [5, 5.41) is 2.92. The van der Waals surface area contributed by atoms with Crippen LogP contribution in [0.1, 0.15) is 63.6 Å². The van der Waals surface area contributed by atoms with Crippen molar-refractivity contribution in [2.75, 3.05) is 0 Å². The van der Waals surface area contributed by atoms with Crippen LogP contribution in [-0.4, -0.2) is 28.8 Å². The van der Waals surface area contributed by atoms with E-state index >= 15 is 0 Å². The molecule has 0 aliphatic rings. The fraction of sp³-hybridized carbons (Fsp3) is 0.440. The molecule has 0 saturated carbocycles. The van der Waals surface area contributed by atoms with E-state index < -0.39 is 6.04 Å².